The second-order valence-electron chi connectivity index (χ2n) is 5.66. The zero-order chi connectivity index (χ0) is 12.5. The number of hydrogen-bond acceptors (Lipinski definition) is 3. The molecule has 100 valence electrons. The Kier molecular flexibility index (Phi) is 3.39. The molecule has 0 radical (unpaired) electrons. The van der Waals surface area contributed by atoms with Gasteiger partial charge in [0.15, 0.2) is 0 Å². The highest BCUT2D eigenvalue weighted by Gasteiger charge is 2.37. The maximum absolute atomic E-state index is 4.36. The first kappa shape index (κ1) is 12.2. The minimum absolute atomic E-state index is 0.413. The van der Waals surface area contributed by atoms with Gasteiger partial charge in [-0.1, -0.05) is 0 Å². The highest BCUT2D eigenvalue weighted by atomic mass is 15.3. The summed E-state index contributed by atoms with van der Waals surface area (Å²) in [6.45, 7) is 7.93. The van der Waals surface area contributed by atoms with Crippen LogP contribution in [0, 0.1) is 0 Å². The highest BCUT2D eigenvalue weighted by molar-refractivity contribution is 5.10. The molecule has 0 spiro atoms. The van der Waals surface area contributed by atoms with Gasteiger partial charge in [-0.25, -0.2) is 0 Å². The van der Waals surface area contributed by atoms with Crippen molar-refractivity contribution in [2.75, 3.05) is 13.1 Å². The third-order valence-corrected chi connectivity index (χ3v) is 4.55. The van der Waals surface area contributed by atoms with E-state index in [4.69, 9.17) is 0 Å². The summed E-state index contributed by atoms with van der Waals surface area (Å²) in [5.74, 6) is 0. The first-order chi connectivity index (χ1) is 8.78. The van der Waals surface area contributed by atoms with Gasteiger partial charge < -0.3 is 5.32 Å². The van der Waals surface area contributed by atoms with Gasteiger partial charge in [0.05, 0.1) is 6.20 Å². The van der Waals surface area contributed by atoms with Crippen molar-refractivity contribution in [3.8, 4) is 0 Å². The summed E-state index contributed by atoms with van der Waals surface area (Å²) in [5.41, 5.74) is 1.31. The molecule has 0 aliphatic carbocycles. The van der Waals surface area contributed by atoms with Gasteiger partial charge in [0.1, 0.15) is 0 Å². The number of fused-ring (bicyclic) bond motifs is 1. The summed E-state index contributed by atoms with van der Waals surface area (Å²) in [4.78, 5) is 2.65. The van der Waals surface area contributed by atoms with E-state index in [2.05, 4.69) is 35.4 Å². The van der Waals surface area contributed by atoms with Gasteiger partial charge in [0.25, 0.3) is 0 Å². The van der Waals surface area contributed by atoms with Gasteiger partial charge in [-0.3, -0.25) is 9.58 Å². The summed E-state index contributed by atoms with van der Waals surface area (Å²) < 4.78 is 2.00. The van der Waals surface area contributed by atoms with E-state index in [0.29, 0.717) is 12.1 Å². The Morgan fingerprint density at radius 1 is 1.44 bits per heavy atom. The van der Waals surface area contributed by atoms with E-state index in [0.717, 1.165) is 12.6 Å². The van der Waals surface area contributed by atoms with Crippen molar-refractivity contribution >= 4 is 0 Å². The van der Waals surface area contributed by atoms with Gasteiger partial charge in [-0.15, -0.1) is 0 Å². The van der Waals surface area contributed by atoms with Crippen LogP contribution in [0.4, 0.5) is 0 Å². The van der Waals surface area contributed by atoms with Crippen LogP contribution in [0.5, 0.6) is 0 Å². The molecule has 3 heterocycles. The molecule has 2 fully saturated rings. The zero-order valence-corrected chi connectivity index (χ0v) is 11.5. The second kappa shape index (κ2) is 5.02. The molecule has 4 heteroatoms. The van der Waals surface area contributed by atoms with Crippen molar-refractivity contribution < 1.29 is 0 Å². The Labute approximate surface area is 109 Å². The van der Waals surface area contributed by atoms with E-state index in [1.807, 2.05) is 10.9 Å². The summed E-state index contributed by atoms with van der Waals surface area (Å²) in [6.07, 6.45) is 8.22. The third kappa shape index (κ3) is 2.19. The molecule has 0 amide bonds. The Bertz CT molecular complexity index is 400. The molecule has 1 aromatic rings. The van der Waals surface area contributed by atoms with E-state index in [1.54, 1.807) is 0 Å². The van der Waals surface area contributed by atoms with Gasteiger partial charge in [0.2, 0.25) is 0 Å². The first-order valence-corrected chi connectivity index (χ1v) is 7.30. The quantitative estimate of drug-likeness (QED) is 0.882. The topological polar surface area (TPSA) is 33.1 Å². The molecule has 0 saturated carbocycles. The lowest BCUT2D eigenvalue weighted by Gasteiger charge is -2.24. The molecule has 2 saturated heterocycles. The van der Waals surface area contributed by atoms with Gasteiger partial charge in [-0.05, 0) is 39.7 Å². The number of nitrogens with one attached hydrogen (secondary N) is 1. The molecule has 3 unspecified atom stereocenters. The fraction of sp³-hybridized carbons (Fsp3) is 0.786. The van der Waals surface area contributed by atoms with Crippen LogP contribution in [0.2, 0.25) is 0 Å². The van der Waals surface area contributed by atoms with E-state index < -0.39 is 0 Å². The lowest BCUT2D eigenvalue weighted by atomic mass is 10.0. The molecule has 1 N–H and O–H groups in total. The standard InChI is InChI=1S/C14H24N4/c1-3-18-10-12(9-15-18)11(2)16-13-6-8-17-7-4-5-14(13)17/h9-11,13-14,16H,3-8H2,1-2H3. The summed E-state index contributed by atoms with van der Waals surface area (Å²) in [5, 5.41) is 8.17. The highest BCUT2D eigenvalue weighted by Crippen LogP contribution is 2.29. The normalized spacial score (nSPS) is 29.7. The summed E-state index contributed by atoms with van der Waals surface area (Å²) in [7, 11) is 0. The molecule has 3 atom stereocenters. The number of rotatable bonds is 4. The first-order valence-electron chi connectivity index (χ1n) is 7.30. The Morgan fingerprint density at radius 2 is 2.33 bits per heavy atom. The molecule has 0 bridgehead atoms. The van der Waals surface area contributed by atoms with E-state index in [9.17, 15) is 0 Å². The molecular weight excluding hydrogens is 224 g/mol. The maximum Gasteiger partial charge on any atom is 0.0537 e. The minimum atomic E-state index is 0.413. The molecular formula is C14H24N4. The fourth-order valence-electron chi connectivity index (χ4n) is 3.47. The minimum Gasteiger partial charge on any atom is -0.306 e. The number of nitrogens with zero attached hydrogens (tertiary/aromatic N) is 3. The van der Waals surface area contributed by atoms with E-state index in [1.165, 1.54) is 37.9 Å². The third-order valence-electron chi connectivity index (χ3n) is 4.55. The van der Waals surface area contributed by atoms with Crippen molar-refractivity contribution in [2.24, 2.45) is 0 Å². The average Bonchev–Trinajstić information content (AvgIpc) is 3.05. The number of aromatic nitrogens is 2. The van der Waals surface area contributed by atoms with Crippen molar-refractivity contribution in [3.05, 3.63) is 18.0 Å². The van der Waals surface area contributed by atoms with E-state index >= 15 is 0 Å². The molecule has 1 aromatic heterocycles. The van der Waals surface area contributed by atoms with Gasteiger partial charge in [0, 0.05) is 43.0 Å². The van der Waals surface area contributed by atoms with Gasteiger partial charge in [-0.2, -0.15) is 5.10 Å². The largest absolute Gasteiger partial charge is 0.306 e. The van der Waals surface area contributed by atoms with Crippen molar-refractivity contribution in [1.29, 1.82) is 0 Å². The maximum atomic E-state index is 4.36. The molecule has 0 aromatic carbocycles. The number of aryl methyl sites for hydroxylation is 1. The lowest BCUT2D eigenvalue weighted by molar-refractivity contribution is 0.291. The number of hydrogen-bond donors (Lipinski definition) is 1. The average molecular weight is 248 g/mol. The lowest BCUT2D eigenvalue weighted by Crippen LogP contribution is -2.40. The summed E-state index contributed by atoms with van der Waals surface area (Å²) >= 11 is 0. The van der Waals surface area contributed by atoms with Gasteiger partial charge >= 0.3 is 0 Å². The fourth-order valence-corrected chi connectivity index (χ4v) is 3.47. The molecule has 4 nitrogen and oxygen atoms in total. The van der Waals surface area contributed by atoms with Crippen molar-refractivity contribution in [3.63, 3.8) is 0 Å². The van der Waals surface area contributed by atoms with Crippen LogP contribution in [0.25, 0.3) is 0 Å². The van der Waals surface area contributed by atoms with Crippen LogP contribution in [0.1, 0.15) is 44.7 Å². The van der Waals surface area contributed by atoms with E-state index in [-0.39, 0.29) is 0 Å². The molecule has 3 rings (SSSR count). The van der Waals surface area contributed by atoms with Crippen molar-refractivity contribution in [1.82, 2.24) is 20.0 Å². The molecule has 2 aliphatic heterocycles. The zero-order valence-electron chi connectivity index (χ0n) is 11.5. The monoisotopic (exact) mass is 248 g/mol. The van der Waals surface area contributed by atoms with Crippen LogP contribution in [0.15, 0.2) is 12.4 Å². The predicted octanol–water partition coefficient (Wildman–Crippen LogP) is 1.79. The smallest absolute Gasteiger partial charge is 0.0537 e. The SMILES string of the molecule is CCn1cc(C(C)NC2CCN3CCCC23)cn1. The van der Waals surface area contributed by atoms with Crippen LogP contribution < -0.4 is 5.32 Å². The van der Waals surface area contributed by atoms with Crippen LogP contribution >= 0.6 is 0 Å². The Balaban J connectivity index is 1.62. The Hall–Kier alpha value is -0.870. The molecule has 2 aliphatic rings. The molecule has 18 heavy (non-hydrogen) atoms. The van der Waals surface area contributed by atoms with Crippen LogP contribution in [-0.2, 0) is 6.54 Å². The Morgan fingerprint density at radius 3 is 3.11 bits per heavy atom. The summed E-state index contributed by atoms with van der Waals surface area (Å²) in [6, 6.07) is 1.87. The second-order valence-corrected chi connectivity index (χ2v) is 5.66. The van der Waals surface area contributed by atoms with Crippen LogP contribution in [-0.4, -0.2) is 39.9 Å². The van der Waals surface area contributed by atoms with Crippen LogP contribution in [0.3, 0.4) is 0 Å². The predicted molar refractivity (Wildman–Crippen MR) is 72.5 cm³/mol. The van der Waals surface area contributed by atoms with Crippen molar-refractivity contribution in [2.45, 2.75) is 57.8 Å².